The van der Waals surface area contributed by atoms with Gasteiger partial charge in [-0.3, -0.25) is 13.9 Å². The van der Waals surface area contributed by atoms with Crippen molar-refractivity contribution in [3.05, 3.63) is 124 Å². The highest BCUT2D eigenvalue weighted by Crippen LogP contribution is 2.29. The third kappa shape index (κ3) is 7.72. The van der Waals surface area contributed by atoms with E-state index in [2.05, 4.69) is 5.32 Å². The Morgan fingerprint density at radius 1 is 0.864 bits per heavy atom. The molecule has 4 aromatic rings. The molecule has 44 heavy (non-hydrogen) atoms. The van der Waals surface area contributed by atoms with Crippen LogP contribution < -0.4 is 14.4 Å². The van der Waals surface area contributed by atoms with Gasteiger partial charge in [0.2, 0.25) is 11.8 Å². The number of carbonyl (C=O) groups excluding carboxylic acids is 2. The second-order valence-electron chi connectivity index (χ2n) is 10.1. The summed E-state index contributed by atoms with van der Waals surface area (Å²) in [7, 11) is -1.24. The summed E-state index contributed by atoms with van der Waals surface area (Å²) in [6.07, 6.45) is 0.168. The van der Waals surface area contributed by atoms with Gasteiger partial charge in [-0.1, -0.05) is 77.3 Å². The van der Waals surface area contributed by atoms with E-state index >= 15 is 0 Å². The van der Waals surface area contributed by atoms with Crippen LogP contribution in [-0.4, -0.2) is 51.9 Å². The molecule has 0 bridgehead atoms. The first kappa shape index (κ1) is 32.9. The number of halogens is 2. The average Bonchev–Trinajstić information content (AvgIpc) is 3.03. The lowest BCUT2D eigenvalue weighted by Gasteiger charge is -2.34. The maximum atomic E-state index is 14.4. The second-order valence-corrected chi connectivity index (χ2v) is 12.7. The summed E-state index contributed by atoms with van der Waals surface area (Å²) in [4.78, 5) is 29.1. The van der Waals surface area contributed by atoms with Crippen LogP contribution in [0.25, 0.3) is 0 Å². The van der Waals surface area contributed by atoms with E-state index in [1.807, 2.05) is 37.3 Å². The molecule has 11 heteroatoms. The number of carbonyl (C=O) groups is 2. The quantitative estimate of drug-likeness (QED) is 0.206. The first-order valence-corrected chi connectivity index (χ1v) is 16.0. The van der Waals surface area contributed by atoms with Gasteiger partial charge in [-0.25, -0.2) is 8.42 Å². The monoisotopic (exact) mass is 653 g/mol. The summed E-state index contributed by atoms with van der Waals surface area (Å²) < 4.78 is 34.4. The summed E-state index contributed by atoms with van der Waals surface area (Å²) in [6, 6.07) is 25.9. The van der Waals surface area contributed by atoms with Gasteiger partial charge in [-0.15, -0.1) is 0 Å². The Hall–Kier alpha value is -4.05. The van der Waals surface area contributed by atoms with Crippen molar-refractivity contribution in [3.8, 4) is 5.75 Å². The van der Waals surface area contributed by atoms with E-state index in [9.17, 15) is 18.0 Å². The zero-order chi connectivity index (χ0) is 31.9. The molecule has 0 spiro atoms. The number of ether oxygens (including phenoxy) is 1. The maximum Gasteiger partial charge on any atom is 0.264 e. The van der Waals surface area contributed by atoms with Crippen LogP contribution in [0.2, 0.25) is 10.0 Å². The fourth-order valence-corrected chi connectivity index (χ4v) is 6.62. The molecule has 0 saturated carbocycles. The van der Waals surface area contributed by atoms with Crippen molar-refractivity contribution in [3.63, 3.8) is 0 Å². The normalized spacial score (nSPS) is 11.8. The Morgan fingerprint density at radius 2 is 1.48 bits per heavy atom. The van der Waals surface area contributed by atoms with Crippen LogP contribution in [0.15, 0.2) is 102 Å². The summed E-state index contributed by atoms with van der Waals surface area (Å²) in [5, 5.41) is 3.27. The average molecular weight is 655 g/mol. The van der Waals surface area contributed by atoms with E-state index in [0.29, 0.717) is 21.4 Å². The van der Waals surface area contributed by atoms with Gasteiger partial charge >= 0.3 is 0 Å². The number of hydrogen-bond acceptors (Lipinski definition) is 5. The zero-order valence-corrected chi connectivity index (χ0v) is 26.9. The van der Waals surface area contributed by atoms with Crippen LogP contribution in [0.5, 0.6) is 5.75 Å². The van der Waals surface area contributed by atoms with Crippen molar-refractivity contribution in [1.82, 2.24) is 10.2 Å². The molecule has 0 aliphatic rings. The molecule has 0 aliphatic carbocycles. The van der Waals surface area contributed by atoms with Crippen LogP contribution in [-0.2, 0) is 32.6 Å². The van der Waals surface area contributed by atoms with Crippen molar-refractivity contribution in [2.24, 2.45) is 0 Å². The Bertz CT molecular complexity index is 1680. The van der Waals surface area contributed by atoms with Crippen LogP contribution in [0.1, 0.15) is 16.7 Å². The molecule has 0 aromatic heterocycles. The number of rotatable bonds is 12. The SMILES string of the molecule is CNC(=O)[C@@H](Cc1ccccc1)N(Cc1c(Cl)cccc1Cl)C(=O)CN(c1ccc(OC)cc1)S(=O)(=O)c1ccc(C)cc1. The van der Waals surface area contributed by atoms with Gasteiger partial charge < -0.3 is 15.0 Å². The lowest BCUT2D eigenvalue weighted by Crippen LogP contribution is -2.53. The van der Waals surface area contributed by atoms with Crippen LogP contribution >= 0.6 is 23.2 Å². The molecule has 0 saturated heterocycles. The van der Waals surface area contributed by atoms with Gasteiger partial charge in [0.1, 0.15) is 18.3 Å². The molecule has 0 heterocycles. The van der Waals surface area contributed by atoms with Crippen molar-refractivity contribution in [1.29, 1.82) is 0 Å². The molecule has 0 unspecified atom stereocenters. The van der Waals surface area contributed by atoms with Crippen LogP contribution in [0.3, 0.4) is 0 Å². The first-order valence-electron chi connectivity index (χ1n) is 13.8. The fourth-order valence-electron chi connectivity index (χ4n) is 4.69. The number of amides is 2. The van der Waals surface area contributed by atoms with E-state index in [4.69, 9.17) is 27.9 Å². The number of nitrogens with zero attached hydrogens (tertiary/aromatic N) is 2. The first-order chi connectivity index (χ1) is 21.0. The summed E-state index contributed by atoms with van der Waals surface area (Å²) in [6.45, 7) is 1.11. The Balaban J connectivity index is 1.82. The minimum absolute atomic E-state index is 0.0135. The smallest absolute Gasteiger partial charge is 0.264 e. The second kappa shape index (κ2) is 14.6. The van der Waals surface area contributed by atoms with Crippen molar-refractivity contribution >= 4 is 50.7 Å². The van der Waals surface area contributed by atoms with E-state index in [-0.39, 0.29) is 23.5 Å². The lowest BCUT2D eigenvalue weighted by molar-refractivity contribution is -0.139. The fraction of sp³-hybridized carbons (Fsp3) is 0.212. The van der Waals surface area contributed by atoms with Crippen LogP contribution in [0.4, 0.5) is 5.69 Å². The number of hydrogen-bond donors (Lipinski definition) is 1. The highest BCUT2D eigenvalue weighted by molar-refractivity contribution is 7.92. The maximum absolute atomic E-state index is 14.4. The van der Waals surface area contributed by atoms with Gasteiger partial charge in [0, 0.05) is 35.6 Å². The molecular weight excluding hydrogens is 621 g/mol. The predicted octanol–water partition coefficient (Wildman–Crippen LogP) is 5.89. The van der Waals surface area contributed by atoms with Gasteiger partial charge in [-0.2, -0.15) is 0 Å². The van der Waals surface area contributed by atoms with E-state index in [0.717, 1.165) is 15.4 Å². The van der Waals surface area contributed by atoms with E-state index < -0.39 is 34.4 Å². The Kier molecular flexibility index (Phi) is 10.9. The molecule has 1 N–H and O–H groups in total. The minimum atomic E-state index is -4.23. The Labute approximate surface area is 268 Å². The molecule has 4 aromatic carbocycles. The summed E-state index contributed by atoms with van der Waals surface area (Å²) >= 11 is 13.0. The van der Waals surface area contributed by atoms with Gasteiger partial charge in [-0.05, 0) is 61.0 Å². The topological polar surface area (TPSA) is 96.0 Å². The number of aryl methyl sites for hydroxylation is 1. The minimum Gasteiger partial charge on any atom is -0.497 e. The van der Waals surface area contributed by atoms with E-state index in [1.54, 1.807) is 54.6 Å². The standard InChI is InChI=1S/C33H33Cl2N3O5S/c1-23-12-18-27(19-13-23)44(41,42)38(25-14-16-26(43-3)17-15-25)22-32(39)37(21-28-29(34)10-7-11-30(28)35)31(33(40)36-2)20-24-8-5-4-6-9-24/h4-19,31H,20-22H2,1-3H3,(H,36,40)/t31-/m1/s1. The Morgan fingerprint density at radius 3 is 2.05 bits per heavy atom. The summed E-state index contributed by atoms with van der Waals surface area (Å²) in [5.74, 6) is -0.537. The molecule has 8 nitrogen and oxygen atoms in total. The van der Waals surface area contributed by atoms with Gasteiger partial charge in [0.05, 0.1) is 17.7 Å². The summed E-state index contributed by atoms with van der Waals surface area (Å²) in [5.41, 5.74) is 2.37. The molecular formula is C33H33Cl2N3O5S. The van der Waals surface area contributed by atoms with Crippen LogP contribution in [0, 0.1) is 6.92 Å². The number of benzene rings is 4. The van der Waals surface area contributed by atoms with Gasteiger partial charge in [0.15, 0.2) is 0 Å². The number of sulfonamides is 1. The lowest BCUT2D eigenvalue weighted by atomic mass is 10.0. The number of anilines is 1. The molecule has 0 radical (unpaired) electrons. The highest BCUT2D eigenvalue weighted by atomic mass is 35.5. The van der Waals surface area contributed by atoms with E-state index in [1.165, 1.54) is 31.2 Å². The molecule has 0 aliphatic heterocycles. The molecule has 0 fully saturated rings. The molecule has 4 rings (SSSR count). The van der Waals surface area contributed by atoms with Gasteiger partial charge in [0.25, 0.3) is 10.0 Å². The predicted molar refractivity (Wildman–Crippen MR) is 174 cm³/mol. The van der Waals surface area contributed by atoms with Crippen molar-refractivity contribution in [2.75, 3.05) is 25.0 Å². The highest BCUT2D eigenvalue weighted by Gasteiger charge is 2.35. The molecule has 2 amide bonds. The third-order valence-corrected chi connectivity index (χ3v) is 9.65. The number of methoxy groups -OCH3 is 1. The molecule has 230 valence electrons. The molecule has 1 atom stereocenters. The number of likely N-dealkylation sites (N-methyl/N-ethyl adjacent to an activating group) is 1. The van der Waals surface area contributed by atoms with Crippen molar-refractivity contribution < 1.29 is 22.7 Å². The largest absolute Gasteiger partial charge is 0.497 e. The van der Waals surface area contributed by atoms with Crippen molar-refractivity contribution in [2.45, 2.75) is 30.8 Å². The number of nitrogens with one attached hydrogen (secondary N) is 1. The third-order valence-electron chi connectivity index (χ3n) is 7.16. The zero-order valence-electron chi connectivity index (χ0n) is 24.5.